The number of aryl methyl sites for hydroxylation is 1. The maximum atomic E-state index is 3.86. The first-order valence-electron chi connectivity index (χ1n) is 5.31. The highest BCUT2D eigenvalue weighted by molar-refractivity contribution is 5.60. The fourth-order valence-corrected chi connectivity index (χ4v) is 2.04. The van der Waals surface area contributed by atoms with Gasteiger partial charge in [-0.05, 0) is 24.0 Å². The standard InChI is InChI=1S/C13H17N/c1-3-10(2)12-8-4-6-11-7-5-9-14-13(11)12/h3-4,6,8,10,14H,1,5,7,9H2,2H3. The van der Waals surface area contributed by atoms with E-state index in [1.165, 1.54) is 29.7 Å². The lowest BCUT2D eigenvalue weighted by molar-refractivity contribution is 0.818. The van der Waals surface area contributed by atoms with Gasteiger partial charge in [0.1, 0.15) is 0 Å². The zero-order valence-electron chi connectivity index (χ0n) is 8.72. The molecule has 0 radical (unpaired) electrons. The number of benzene rings is 1. The molecule has 1 heteroatoms. The van der Waals surface area contributed by atoms with E-state index in [1.807, 2.05) is 6.08 Å². The number of allylic oxidation sites excluding steroid dienone is 1. The van der Waals surface area contributed by atoms with Gasteiger partial charge < -0.3 is 5.32 Å². The molecular weight excluding hydrogens is 170 g/mol. The van der Waals surface area contributed by atoms with Crippen LogP contribution in [0.2, 0.25) is 0 Å². The normalized spacial score (nSPS) is 16.6. The zero-order valence-corrected chi connectivity index (χ0v) is 8.72. The summed E-state index contributed by atoms with van der Waals surface area (Å²) < 4.78 is 0. The van der Waals surface area contributed by atoms with Gasteiger partial charge in [0.05, 0.1) is 0 Å². The van der Waals surface area contributed by atoms with Crippen LogP contribution in [-0.2, 0) is 6.42 Å². The Balaban J connectivity index is 2.44. The molecule has 0 bridgehead atoms. The lowest BCUT2D eigenvalue weighted by atomic mass is 9.93. The first kappa shape index (κ1) is 9.32. The van der Waals surface area contributed by atoms with Crippen LogP contribution in [0.1, 0.15) is 30.4 Å². The number of anilines is 1. The number of para-hydroxylation sites is 1. The van der Waals surface area contributed by atoms with Crippen molar-refractivity contribution in [3.8, 4) is 0 Å². The molecule has 0 amide bonds. The van der Waals surface area contributed by atoms with E-state index >= 15 is 0 Å². The molecule has 2 rings (SSSR count). The lowest BCUT2D eigenvalue weighted by Gasteiger charge is -2.23. The molecule has 1 nitrogen and oxygen atoms in total. The van der Waals surface area contributed by atoms with Crippen LogP contribution in [0.15, 0.2) is 30.9 Å². The summed E-state index contributed by atoms with van der Waals surface area (Å²) in [6, 6.07) is 6.57. The Morgan fingerprint density at radius 1 is 1.50 bits per heavy atom. The molecule has 0 fully saturated rings. The van der Waals surface area contributed by atoms with E-state index < -0.39 is 0 Å². The minimum Gasteiger partial charge on any atom is -0.385 e. The predicted octanol–water partition coefficient (Wildman–Crippen LogP) is 3.33. The van der Waals surface area contributed by atoms with Gasteiger partial charge in [-0.3, -0.25) is 0 Å². The molecule has 0 aromatic heterocycles. The Kier molecular flexibility index (Phi) is 2.58. The van der Waals surface area contributed by atoms with Gasteiger partial charge in [-0.15, -0.1) is 6.58 Å². The Morgan fingerprint density at radius 3 is 3.14 bits per heavy atom. The van der Waals surface area contributed by atoms with E-state index in [-0.39, 0.29) is 0 Å². The smallest absolute Gasteiger partial charge is 0.0411 e. The second-order valence-electron chi connectivity index (χ2n) is 3.94. The molecule has 0 saturated heterocycles. The summed E-state index contributed by atoms with van der Waals surface area (Å²) in [6.45, 7) is 7.16. The van der Waals surface area contributed by atoms with Crippen LogP contribution in [0.3, 0.4) is 0 Å². The molecule has 0 spiro atoms. The number of hydrogen-bond acceptors (Lipinski definition) is 1. The monoisotopic (exact) mass is 187 g/mol. The SMILES string of the molecule is C=CC(C)c1cccc2c1NCCC2. The Labute approximate surface area is 85.8 Å². The Bertz CT molecular complexity index is 341. The highest BCUT2D eigenvalue weighted by Gasteiger charge is 2.14. The lowest BCUT2D eigenvalue weighted by Crippen LogP contribution is -2.14. The number of nitrogens with one attached hydrogen (secondary N) is 1. The molecule has 1 aromatic rings. The van der Waals surface area contributed by atoms with Gasteiger partial charge >= 0.3 is 0 Å². The van der Waals surface area contributed by atoms with E-state index in [0.29, 0.717) is 5.92 Å². The first-order valence-corrected chi connectivity index (χ1v) is 5.31. The summed E-state index contributed by atoms with van der Waals surface area (Å²) in [7, 11) is 0. The highest BCUT2D eigenvalue weighted by Crippen LogP contribution is 2.31. The summed E-state index contributed by atoms with van der Waals surface area (Å²) >= 11 is 0. The fraction of sp³-hybridized carbons (Fsp3) is 0.385. The van der Waals surface area contributed by atoms with Crippen molar-refractivity contribution >= 4 is 5.69 Å². The van der Waals surface area contributed by atoms with Gasteiger partial charge in [0, 0.05) is 18.2 Å². The molecule has 1 aliphatic rings. The molecule has 0 saturated carbocycles. The average Bonchev–Trinajstić information content (AvgIpc) is 2.27. The van der Waals surface area contributed by atoms with Crippen molar-refractivity contribution in [3.63, 3.8) is 0 Å². The van der Waals surface area contributed by atoms with Crippen LogP contribution < -0.4 is 5.32 Å². The molecule has 74 valence electrons. The largest absolute Gasteiger partial charge is 0.385 e. The predicted molar refractivity (Wildman–Crippen MR) is 61.9 cm³/mol. The second kappa shape index (κ2) is 3.87. The average molecular weight is 187 g/mol. The van der Waals surface area contributed by atoms with Crippen LogP contribution in [0.5, 0.6) is 0 Å². The van der Waals surface area contributed by atoms with Crippen molar-refractivity contribution in [2.75, 3.05) is 11.9 Å². The Hall–Kier alpha value is -1.24. The van der Waals surface area contributed by atoms with Crippen LogP contribution in [0, 0.1) is 0 Å². The van der Waals surface area contributed by atoms with Gasteiger partial charge in [-0.1, -0.05) is 31.2 Å². The molecule has 1 atom stereocenters. The Morgan fingerprint density at radius 2 is 2.36 bits per heavy atom. The number of rotatable bonds is 2. The van der Waals surface area contributed by atoms with Gasteiger partial charge in [-0.2, -0.15) is 0 Å². The molecule has 1 N–H and O–H groups in total. The summed E-state index contributed by atoms with van der Waals surface area (Å²) in [6.07, 6.45) is 4.46. The van der Waals surface area contributed by atoms with Crippen molar-refractivity contribution in [3.05, 3.63) is 42.0 Å². The van der Waals surface area contributed by atoms with Crippen LogP contribution in [0.4, 0.5) is 5.69 Å². The van der Waals surface area contributed by atoms with Gasteiger partial charge in [-0.25, -0.2) is 0 Å². The van der Waals surface area contributed by atoms with E-state index in [1.54, 1.807) is 0 Å². The third-order valence-electron chi connectivity index (χ3n) is 2.95. The third kappa shape index (κ3) is 1.54. The zero-order chi connectivity index (χ0) is 9.97. The van der Waals surface area contributed by atoms with Crippen molar-refractivity contribution in [1.82, 2.24) is 0 Å². The third-order valence-corrected chi connectivity index (χ3v) is 2.95. The fourth-order valence-electron chi connectivity index (χ4n) is 2.04. The topological polar surface area (TPSA) is 12.0 Å². The summed E-state index contributed by atoms with van der Waals surface area (Å²) in [5.41, 5.74) is 4.20. The molecule has 1 heterocycles. The number of hydrogen-bond donors (Lipinski definition) is 1. The molecular formula is C13H17N. The molecule has 1 aliphatic heterocycles. The molecule has 0 aliphatic carbocycles. The van der Waals surface area contributed by atoms with E-state index in [2.05, 4.69) is 37.0 Å². The van der Waals surface area contributed by atoms with E-state index in [0.717, 1.165) is 6.54 Å². The number of fused-ring (bicyclic) bond motifs is 1. The van der Waals surface area contributed by atoms with Gasteiger partial charge in [0.2, 0.25) is 0 Å². The van der Waals surface area contributed by atoms with Crippen molar-refractivity contribution in [2.45, 2.75) is 25.7 Å². The second-order valence-corrected chi connectivity index (χ2v) is 3.94. The van der Waals surface area contributed by atoms with Crippen molar-refractivity contribution < 1.29 is 0 Å². The van der Waals surface area contributed by atoms with Crippen LogP contribution in [-0.4, -0.2) is 6.54 Å². The van der Waals surface area contributed by atoms with Crippen molar-refractivity contribution in [2.24, 2.45) is 0 Å². The van der Waals surface area contributed by atoms with Crippen molar-refractivity contribution in [1.29, 1.82) is 0 Å². The van der Waals surface area contributed by atoms with Crippen LogP contribution in [0.25, 0.3) is 0 Å². The maximum Gasteiger partial charge on any atom is 0.0411 e. The van der Waals surface area contributed by atoms with Gasteiger partial charge in [0.25, 0.3) is 0 Å². The van der Waals surface area contributed by atoms with Gasteiger partial charge in [0.15, 0.2) is 0 Å². The summed E-state index contributed by atoms with van der Waals surface area (Å²) in [5, 5.41) is 3.50. The minimum absolute atomic E-state index is 0.440. The van der Waals surface area contributed by atoms with E-state index in [4.69, 9.17) is 0 Å². The summed E-state index contributed by atoms with van der Waals surface area (Å²) in [4.78, 5) is 0. The summed E-state index contributed by atoms with van der Waals surface area (Å²) in [5.74, 6) is 0.440. The maximum absolute atomic E-state index is 3.86. The quantitative estimate of drug-likeness (QED) is 0.700. The van der Waals surface area contributed by atoms with E-state index in [9.17, 15) is 0 Å². The molecule has 1 aromatic carbocycles. The first-order chi connectivity index (χ1) is 6.83. The highest BCUT2D eigenvalue weighted by atomic mass is 14.9. The minimum atomic E-state index is 0.440. The molecule has 14 heavy (non-hydrogen) atoms. The van der Waals surface area contributed by atoms with Crippen LogP contribution >= 0.6 is 0 Å². The molecule has 1 unspecified atom stereocenters.